The van der Waals surface area contributed by atoms with Gasteiger partial charge in [-0.25, -0.2) is 0 Å². The lowest BCUT2D eigenvalue weighted by atomic mass is 9.76. The van der Waals surface area contributed by atoms with E-state index in [0.29, 0.717) is 17.8 Å². The maximum atomic E-state index is 7.34. The fraction of sp³-hybridized carbons (Fsp3) is 0.143. The third-order valence-corrected chi connectivity index (χ3v) is 13.8. The van der Waals surface area contributed by atoms with Gasteiger partial charge in [0.05, 0.1) is 0 Å². The van der Waals surface area contributed by atoms with Crippen LogP contribution in [0.15, 0.2) is 204 Å². The smallest absolute Gasteiger partial charge is 0.143 e. The van der Waals surface area contributed by atoms with Gasteiger partial charge in [-0.2, -0.15) is 0 Å². The van der Waals surface area contributed by atoms with Crippen LogP contribution in [0.1, 0.15) is 42.9 Å². The second kappa shape index (κ2) is 12.4. The molecule has 0 radical (unpaired) electrons. The number of benzene rings is 7. The number of fused-ring (bicyclic) bond motifs is 9. The van der Waals surface area contributed by atoms with Gasteiger partial charge < -0.3 is 9.32 Å². The summed E-state index contributed by atoms with van der Waals surface area (Å²) >= 11 is 0. The average molecular weight is 746 g/mol. The molecule has 1 heterocycles. The van der Waals surface area contributed by atoms with Crippen molar-refractivity contribution in [3.63, 3.8) is 0 Å². The van der Waals surface area contributed by atoms with Crippen LogP contribution < -0.4 is 4.90 Å². The van der Waals surface area contributed by atoms with Crippen LogP contribution in [0.3, 0.4) is 0 Å². The van der Waals surface area contributed by atoms with E-state index in [1.54, 1.807) is 0 Å². The highest BCUT2D eigenvalue weighted by Gasteiger charge is 2.75. The summed E-state index contributed by atoms with van der Waals surface area (Å²) in [5.74, 6) is 1.20. The molecule has 1 spiro atoms. The monoisotopic (exact) mass is 745 g/mol. The molecule has 0 amide bonds. The second-order valence-electron chi connectivity index (χ2n) is 17.2. The Morgan fingerprint density at radius 1 is 0.569 bits per heavy atom. The number of anilines is 2. The summed E-state index contributed by atoms with van der Waals surface area (Å²) in [5, 5.41) is 5.05. The van der Waals surface area contributed by atoms with Gasteiger partial charge in [0, 0.05) is 50.3 Å². The van der Waals surface area contributed by atoms with Gasteiger partial charge in [-0.3, -0.25) is 0 Å². The number of hydrogen-bond donors (Lipinski definition) is 0. The fourth-order valence-corrected chi connectivity index (χ4v) is 11.4. The summed E-state index contributed by atoms with van der Waals surface area (Å²) < 4.78 is 7.34. The zero-order chi connectivity index (χ0) is 38.6. The van der Waals surface area contributed by atoms with Gasteiger partial charge in [-0.15, -0.1) is 0 Å². The van der Waals surface area contributed by atoms with Gasteiger partial charge in [0.2, 0.25) is 0 Å². The lowest BCUT2D eigenvalue weighted by Crippen LogP contribution is -2.21. The Labute approximate surface area is 339 Å². The Morgan fingerprint density at radius 3 is 1.95 bits per heavy atom. The van der Waals surface area contributed by atoms with Gasteiger partial charge in [0.15, 0.2) is 0 Å². The van der Waals surface area contributed by atoms with Crippen molar-refractivity contribution in [3.05, 3.63) is 217 Å². The van der Waals surface area contributed by atoms with Crippen LogP contribution in [0.2, 0.25) is 0 Å². The van der Waals surface area contributed by atoms with Crippen molar-refractivity contribution in [2.45, 2.75) is 37.0 Å². The normalized spacial score (nSPS) is 22.2. The lowest BCUT2D eigenvalue weighted by molar-refractivity contribution is 0.451. The fourth-order valence-electron chi connectivity index (χ4n) is 11.4. The van der Waals surface area contributed by atoms with Crippen LogP contribution >= 0.6 is 0 Å². The van der Waals surface area contributed by atoms with Crippen molar-refractivity contribution < 1.29 is 4.42 Å². The first-order chi connectivity index (χ1) is 28.5. The summed E-state index contributed by atoms with van der Waals surface area (Å²) in [6, 6.07) is 55.5. The van der Waals surface area contributed by atoms with Gasteiger partial charge in [0.1, 0.15) is 11.2 Å². The molecule has 1 fully saturated rings. The van der Waals surface area contributed by atoms with Crippen LogP contribution in [0.5, 0.6) is 0 Å². The minimum atomic E-state index is -0.201. The summed E-state index contributed by atoms with van der Waals surface area (Å²) in [6.45, 7) is 4.96. The molecule has 12 rings (SSSR count). The molecule has 58 heavy (non-hydrogen) atoms. The van der Waals surface area contributed by atoms with E-state index in [1.807, 2.05) is 0 Å². The third-order valence-electron chi connectivity index (χ3n) is 13.8. The van der Waals surface area contributed by atoms with Crippen molar-refractivity contribution in [1.29, 1.82) is 0 Å². The molecule has 4 aliphatic carbocycles. The van der Waals surface area contributed by atoms with E-state index >= 15 is 0 Å². The van der Waals surface area contributed by atoms with E-state index < -0.39 is 0 Å². The number of nitrogens with zero attached hydrogens (tertiary/aromatic N) is 1. The molecular weight excluding hydrogens is 703 g/mol. The van der Waals surface area contributed by atoms with Crippen molar-refractivity contribution >= 4 is 44.1 Å². The summed E-state index contributed by atoms with van der Waals surface area (Å²) in [6.07, 6.45) is 17.5. The predicted molar refractivity (Wildman–Crippen MR) is 242 cm³/mol. The highest BCUT2D eigenvalue weighted by atomic mass is 16.3. The number of furan rings is 1. The molecule has 0 saturated heterocycles. The van der Waals surface area contributed by atoms with Gasteiger partial charge >= 0.3 is 0 Å². The summed E-state index contributed by atoms with van der Waals surface area (Å²) in [7, 11) is 0. The van der Waals surface area contributed by atoms with E-state index in [4.69, 9.17) is 4.42 Å². The summed E-state index contributed by atoms with van der Waals surface area (Å²) in [4.78, 5) is 2.47. The molecule has 0 bridgehead atoms. The third kappa shape index (κ3) is 4.72. The maximum absolute atomic E-state index is 7.34. The first kappa shape index (κ1) is 33.5. The molecule has 2 heteroatoms. The zero-order valence-corrected chi connectivity index (χ0v) is 32.8. The molecule has 4 aliphatic rings. The molecule has 0 aliphatic heterocycles. The Morgan fingerprint density at radius 2 is 1.22 bits per heavy atom. The standard InChI is InChI=1S/C56H43NO/c1-55(2)50-46-22-13-12-21-45(46)49-47-24-14-23-44(40-19-10-5-11-20-40)52(47)58-53(49)51(50)56-35-43(33-34-48(56)54(55)56)57(41-29-25-38(26-30-41)36-15-6-3-7-16-36)42-31-27-39(28-32-42)37-17-8-4-9-18-37/h3-17,19-35,37,48,54H,18H2,1-2H3. The highest BCUT2D eigenvalue weighted by molar-refractivity contribution is 6.23. The van der Waals surface area contributed by atoms with Crippen molar-refractivity contribution in [1.82, 2.24) is 0 Å². The number of allylic oxidation sites excluding steroid dienone is 7. The van der Waals surface area contributed by atoms with Crippen molar-refractivity contribution in [2.75, 3.05) is 4.90 Å². The van der Waals surface area contributed by atoms with E-state index in [9.17, 15) is 0 Å². The maximum Gasteiger partial charge on any atom is 0.143 e. The Balaban J connectivity index is 1.07. The minimum absolute atomic E-state index is 0.0723. The van der Waals surface area contributed by atoms with Crippen LogP contribution in [-0.4, -0.2) is 0 Å². The Kier molecular flexibility index (Phi) is 7.18. The van der Waals surface area contributed by atoms with Gasteiger partial charge in [-0.05, 0) is 98.7 Å². The molecule has 4 atom stereocenters. The van der Waals surface area contributed by atoms with Gasteiger partial charge in [-0.1, -0.05) is 172 Å². The molecule has 278 valence electrons. The molecule has 7 aromatic carbocycles. The predicted octanol–water partition coefficient (Wildman–Crippen LogP) is 14.7. The van der Waals surface area contributed by atoms with E-state index in [2.05, 4.69) is 213 Å². The van der Waals surface area contributed by atoms with E-state index in [-0.39, 0.29) is 10.8 Å². The second-order valence-corrected chi connectivity index (χ2v) is 17.2. The minimum Gasteiger partial charge on any atom is -0.455 e. The molecule has 4 unspecified atom stereocenters. The Hall–Kier alpha value is -6.64. The average Bonchev–Trinajstić information content (AvgIpc) is 3.74. The molecule has 1 aromatic heterocycles. The van der Waals surface area contributed by atoms with Crippen LogP contribution in [-0.2, 0) is 10.8 Å². The topological polar surface area (TPSA) is 16.4 Å². The van der Waals surface area contributed by atoms with Crippen molar-refractivity contribution in [3.8, 4) is 22.3 Å². The van der Waals surface area contributed by atoms with Crippen molar-refractivity contribution in [2.24, 2.45) is 11.8 Å². The molecule has 1 saturated carbocycles. The molecular formula is C56H43NO. The SMILES string of the molecule is CC1(C)c2c(c3oc4c(-c5ccccc5)cccc4c3c3ccccc23)C23C=C(N(c4ccc(-c5ccccc5)cc4)c4ccc(C5C=CC=CC5)cc4)C=CC2C13. The molecule has 2 nitrogen and oxygen atoms in total. The number of para-hydroxylation sites is 1. The van der Waals surface area contributed by atoms with Crippen LogP contribution in [0.25, 0.3) is 55.0 Å². The molecule has 8 aromatic rings. The number of hydrogen-bond acceptors (Lipinski definition) is 2. The zero-order valence-electron chi connectivity index (χ0n) is 32.8. The molecule has 0 N–H and O–H groups in total. The summed E-state index contributed by atoms with van der Waals surface area (Å²) in [5.41, 5.74) is 14.2. The van der Waals surface area contributed by atoms with E-state index in [0.717, 1.165) is 34.5 Å². The van der Waals surface area contributed by atoms with Gasteiger partial charge in [0.25, 0.3) is 0 Å². The Bertz CT molecular complexity index is 3050. The highest BCUT2D eigenvalue weighted by Crippen LogP contribution is 2.77. The largest absolute Gasteiger partial charge is 0.455 e. The first-order valence-corrected chi connectivity index (χ1v) is 20.8. The van der Waals surface area contributed by atoms with E-state index in [1.165, 1.54) is 60.6 Å². The van der Waals surface area contributed by atoms with Crippen LogP contribution in [0, 0.1) is 11.8 Å². The number of rotatable bonds is 6. The quantitative estimate of drug-likeness (QED) is 0.169. The lowest BCUT2D eigenvalue weighted by Gasteiger charge is -2.31. The van der Waals surface area contributed by atoms with Crippen LogP contribution in [0.4, 0.5) is 11.4 Å². The first-order valence-electron chi connectivity index (χ1n) is 20.8.